The minimum absolute atomic E-state index is 0. The monoisotopic (exact) mass is 256 g/mol. The van der Waals surface area contributed by atoms with Gasteiger partial charge in [0, 0.05) is 19.6 Å². The molecule has 1 saturated heterocycles. The molecule has 17 heavy (non-hydrogen) atoms. The van der Waals surface area contributed by atoms with Crippen LogP contribution >= 0.6 is 12.4 Å². The highest BCUT2D eigenvalue weighted by molar-refractivity contribution is 5.85. The van der Waals surface area contributed by atoms with Gasteiger partial charge >= 0.3 is 0 Å². The Morgan fingerprint density at radius 3 is 2.76 bits per heavy atom. The normalized spacial score (nSPS) is 16.9. The van der Waals surface area contributed by atoms with Crippen molar-refractivity contribution in [1.82, 2.24) is 10.2 Å². The van der Waals surface area contributed by atoms with E-state index in [-0.39, 0.29) is 12.4 Å². The van der Waals surface area contributed by atoms with Crippen LogP contribution in [0.3, 0.4) is 0 Å². The van der Waals surface area contributed by atoms with Gasteiger partial charge in [-0.2, -0.15) is 0 Å². The Kier molecular flexibility index (Phi) is 7.01. The maximum Gasteiger partial charge on any atom is 0.119 e. The zero-order valence-corrected chi connectivity index (χ0v) is 10.9. The summed E-state index contributed by atoms with van der Waals surface area (Å²) >= 11 is 0. The van der Waals surface area contributed by atoms with Crippen LogP contribution in [0.5, 0.6) is 5.75 Å². The van der Waals surface area contributed by atoms with Crippen molar-refractivity contribution < 1.29 is 4.74 Å². The van der Waals surface area contributed by atoms with Crippen LogP contribution in [0, 0.1) is 0 Å². The molecule has 96 valence electrons. The number of halogens is 1. The molecule has 1 aliphatic heterocycles. The Morgan fingerprint density at radius 1 is 1.12 bits per heavy atom. The van der Waals surface area contributed by atoms with E-state index in [0.717, 1.165) is 38.5 Å². The molecule has 0 radical (unpaired) electrons. The minimum Gasteiger partial charge on any atom is -0.492 e. The highest BCUT2D eigenvalue weighted by Crippen LogP contribution is 2.08. The van der Waals surface area contributed by atoms with Gasteiger partial charge in [-0.05, 0) is 31.6 Å². The molecule has 3 nitrogen and oxygen atoms in total. The summed E-state index contributed by atoms with van der Waals surface area (Å²) in [5.41, 5.74) is 0. The maximum absolute atomic E-state index is 5.69. The first-order valence-corrected chi connectivity index (χ1v) is 6.06. The molecule has 1 aromatic rings. The van der Waals surface area contributed by atoms with E-state index in [1.807, 2.05) is 30.3 Å². The van der Waals surface area contributed by atoms with Crippen molar-refractivity contribution >= 4 is 12.4 Å². The van der Waals surface area contributed by atoms with Crippen molar-refractivity contribution in [3.05, 3.63) is 30.3 Å². The lowest BCUT2D eigenvalue weighted by atomic mass is 10.3. The fourth-order valence-corrected chi connectivity index (χ4v) is 1.93. The molecule has 0 bridgehead atoms. The van der Waals surface area contributed by atoms with Gasteiger partial charge in [-0.25, -0.2) is 0 Å². The number of benzene rings is 1. The third-order valence-corrected chi connectivity index (χ3v) is 2.85. The molecule has 4 heteroatoms. The van der Waals surface area contributed by atoms with Crippen molar-refractivity contribution in [2.45, 2.75) is 6.42 Å². The van der Waals surface area contributed by atoms with E-state index < -0.39 is 0 Å². The van der Waals surface area contributed by atoms with E-state index in [4.69, 9.17) is 4.74 Å². The molecule has 1 N–H and O–H groups in total. The highest BCUT2D eigenvalue weighted by Gasteiger charge is 2.07. The van der Waals surface area contributed by atoms with Crippen molar-refractivity contribution in [3.63, 3.8) is 0 Å². The number of nitrogens with zero attached hydrogens (tertiary/aromatic N) is 1. The Hall–Kier alpha value is -0.770. The Labute approximate surface area is 110 Å². The second-order valence-corrected chi connectivity index (χ2v) is 4.11. The lowest BCUT2D eigenvalue weighted by Crippen LogP contribution is -2.31. The summed E-state index contributed by atoms with van der Waals surface area (Å²) in [6.45, 7) is 6.38. The minimum atomic E-state index is 0. The summed E-state index contributed by atoms with van der Waals surface area (Å²) in [4.78, 5) is 2.46. The fourth-order valence-electron chi connectivity index (χ4n) is 1.93. The van der Waals surface area contributed by atoms with Crippen molar-refractivity contribution in [2.24, 2.45) is 0 Å². The van der Waals surface area contributed by atoms with E-state index in [2.05, 4.69) is 10.2 Å². The number of nitrogens with one attached hydrogen (secondary N) is 1. The van der Waals surface area contributed by atoms with E-state index >= 15 is 0 Å². The van der Waals surface area contributed by atoms with E-state index in [1.54, 1.807) is 0 Å². The summed E-state index contributed by atoms with van der Waals surface area (Å²) < 4.78 is 5.69. The number of rotatable bonds is 4. The number of ether oxygens (including phenoxy) is 1. The summed E-state index contributed by atoms with van der Waals surface area (Å²) in [6.07, 6.45) is 1.24. The third-order valence-electron chi connectivity index (χ3n) is 2.85. The van der Waals surface area contributed by atoms with Gasteiger partial charge < -0.3 is 10.1 Å². The summed E-state index contributed by atoms with van der Waals surface area (Å²) in [5.74, 6) is 0.968. The molecular formula is C13H21ClN2O. The first kappa shape index (κ1) is 14.3. The van der Waals surface area contributed by atoms with Crippen molar-refractivity contribution in [1.29, 1.82) is 0 Å². The number of hydrogen-bond acceptors (Lipinski definition) is 3. The largest absolute Gasteiger partial charge is 0.492 e. The lowest BCUT2D eigenvalue weighted by Gasteiger charge is -2.19. The number of hydrogen-bond donors (Lipinski definition) is 1. The van der Waals surface area contributed by atoms with E-state index in [0.29, 0.717) is 0 Å². The molecule has 0 spiro atoms. The van der Waals surface area contributed by atoms with Gasteiger partial charge in [0.15, 0.2) is 0 Å². The first-order valence-electron chi connectivity index (χ1n) is 6.06. The average Bonchev–Trinajstić information content (AvgIpc) is 2.59. The smallest absolute Gasteiger partial charge is 0.119 e. The second-order valence-electron chi connectivity index (χ2n) is 4.11. The highest BCUT2D eigenvalue weighted by atomic mass is 35.5. The van der Waals surface area contributed by atoms with Crippen LogP contribution in [0.2, 0.25) is 0 Å². The Morgan fingerprint density at radius 2 is 1.94 bits per heavy atom. The molecule has 1 aromatic carbocycles. The fraction of sp³-hybridized carbons (Fsp3) is 0.538. The Bertz CT molecular complexity index is 287. The van der Waals surface area contributed by atoms with Gasteiger partial charge in [0.05, 0.1) is 0 Å². The van der Waals surface area contributed by atoms with Crippen LogP contribution in [0.4, 0.5) is 0 Å². The molecule has 1 fully saturated rings. The summed E-state index contributed by atoms with van der Waals surface area (Å²) in [6, 6.07) is 10.0. The molecule has 2 rings (SSSR count). The van der Waals surface area contributed by atoms with Gasteiger partial charge in [-0.1, -0.05) is 18.2 Å². The van der Waals surface area contributed by atoms with Gasteiger partial charge in [0.25, 0.3) is 0 Å². The van der Waals surface area contributed by atoms with Crippen LogP contribution in [0.15, 0.2) is 30.3 Å². The summed E-state index contributed by atoms with van der Waals surface area (Å²) in [5, 5.41) is 3.40. The Balaban J connectivity index is 0.00000144. The van der Waals surface area contributed by atoms with Gasteiger partial charge in [0.2, 0.25) is 0 Å². The number of para-hydroxylation sites is 1. The predicted molar refractivity (Wildman–Crippen MR) is 73.1 cm³/mol. The second kappa shape index (κ2) is 8.34. The van der Waals surface area contributed by atoms with E-state index in [9.17, 15) is 0 Å². The molecular weight excluding hydrogens is 236 g/mol. The molecule has 1 heterocycles. The SMILES string of the molecule is Cl.c1ccc(OCCN2CCCNCC2)cc1. The quantitative estimate of drug-likeness (QED) is 0.889. The van der Waals surface area contributed by atoms with Crippen molar-refractivity contribution in [2.75, 3.05) is 39.3 Å². The third kappa shape index (κ3) is 5.39. The molecule has 0 aliphatic carbocycles. The molecule has 0 atom stereocenters. The van der Waals surface area contributed by atoms with Crippen LogP contribution in [0.1, 0.15) is 6.42 Å². The molecule has 0 unspecified atom stereocenters. The first-order chi connectivity index (χ1) is 7.95. The zero-order valence-electron chi connectivity index (χ0n) is 10.1. The zero-order chi connectivity index (χ0) is 11.1. The average molecular weight is 257 g/mol. The topological polar surface area (TPSA) is 24.5 Å². The molecule has 1 aliphatic rings. The van der Waals surface area contributed by atoms with Crippen LogP contribution < -0.4 is 10.1 Å². The summed E-state index contributed by atoms with van der Waals surface area (Å²) in [7, 11) is 0. The van der Waals surface area contributed by atoms with Gasteiger partial charge in [-0.3, -0.25) is 4.90 Å². The van der Waals surface area contributed by atoms with Crippen LogP contribution in [-0.4, -0.2) is 44.2 Å². The van der Waals surface area contributed by atoms with Crippen LogP contribution in [0.25, 0.3) is 0 Å². The lowest BCUT2D eigenvalue weighted by molar-refractivity contribution is 0.217. The van der Waals surface area contributed by atoms with Gasteiger partial charge in [-0.15, -0.1) is 12.4 Å². The maximum atomic E-state index is 5.69. The van der Waals surface area contributed by atoms with E-state index in [1.165, 1.54) is 13.0 Å². The van der Waals surface area contributed by atoms with Crippen molar-refractivity contribution in [3.8, 4) is 5.75 Å². The predicted octanol–water partition coefficient (Wildman–Crippen LogP) is 1.78. The molecule has 0 amide bonds. The molecule has 0 aromatic heterocycles. The standard InChI is InChI=1S/C13H20N2O.ClH/c1-2-5-13(6-3-1)16-12-11-15-9-4-7-14-8-10-15;/h1-3,5-6,14H,4,7-12H2;1H. The molecule has 0 saturated carbocycles. The van der Waals surface area contributed by atoms with Gasteiger partial charge in [0.1, 0.15) is 12.4 Å². The van der Waals surface area contributed by atoms with Crippen LogP contribution in [-0.2, 0) is 0 Å².